The van der Waals surface area contributed by atoms with Crippen LogP contribution in [0.25, 0.3) is 11.4 Å². The van der Waals surface area contributed by atoms with Gasteiger partial charge >= 0.3 is 0 Å². The third kappa shape index (κ3) is 3.38. The number of carbonyl (C=O) groups excluding carboxylic acids is 1. The van der Waals surface area contributed by atoms with Crippen LogP contribution in [0.2, 0.25) is 0 Å². The first kappa shape index (κ1) is 16.5. The van der Waals surface area contributed by atoms with Crippen molar-refractivity contribution in [2.45, 2.75) is 39.2 Å². The molecule has 1 heterocycles. The largest absolute Gasteiger partial charge is 0.326 e. The molecular weight excluding hydrogens is 324 g/mol. The molecule has 0 atom stereocenters. The zero-order chi connectivity index (χ0) is 17.9. The zero-order valence-corrected chi connectivity index (χ0v) is 14.9. The molecule has 2 aromatic carbocycles. The van der Waals surface area contributed by atoms with Gasteiger partial charge in [-0.15, -0.1) is 10.2 Å². The molecule has 0 radical (unpaired) electrons. The van der Waals surface area contributed by atoms with E-state index in [-0.39, 0.29) is 5.91 Å². The van der Waals surface area contributed by atoms with Crippen LogP contribution in [-0.2, 0) is 30.6 Å². The van der Waals surface area contributed by atoms with Gasteiger partial charge in [0, 0.05) is 17.8 Å². The number of nitrogens with one attached hydrogen (secondary N) is 1. The molecule has 0 saturated carbocycles. The first-order valence-corrected chi connectivity index (χ1v) is 9.11. The maximum absolute atomic E-state index is 12.5. The molecule has 1 aliphatic carbocycles. The summed E-state index contributed by atoms with van der Waals surface area (Å²) in [6.07, 6.45) is 5.62. The highest BCUT2D eigenvalue weighted by Crippen LogP contribution is 2.24. The van der Waals surface area contributed by atoms with Crippen LogP contribution >= 0.6 is 0 Å². The predicted octanol–water partition coefficient (Wildman–Crippen LogP) is 3.63. The molecule has 132 valence electrons. The minimum Gasteiger partial charge on any atom is -0.326 e. The van der Waals surface area contributed by atoms with Gasteiger partial charge in [0.2, 0.25) is 5.91 Å². The normalized spacial score (nSPS) is 12.8. The number of nitrogens with zero attached hydrogens (tertiary/aromatic N) is 3. The Morgan fingerprint density at radius 2 is 2.04 bits per heavy atom. The maximum atomic E-state index is 12.5. The van der Waals surface area contributed by atoms with Gasteiger partial charge in [-0.1, -0.05) is 30.3 Å². The Labute approximate surface area is 153 Å². The van der Waals surface area contributed by atoms with Gasteiger partial charge in [0.25, 0.3) is 0 Å². The molecule has 0 spiro atoms. The van der Waals surface area contributed by atoms with E-state index in [1.54, 1.807) is 6.33 Å². The molecule has 1 aromatic heterocycles. The van der Waals surface area contributed by atoms with Crippen molar-refractivity contribution >= 4 is 11.6 Å². The molecule has 0 saturated heterocycles. The molecule has 3 aromatic rings. The Morgan fingerprint density at radius 1 is 1.15 bits per heavy atom. The fourth-order valence-corrected chi connectivity index (χ4v) is 3.57. The summed E-state index contributed by atoms with van der Waals surface area (Å²) in [4.78, 5) is 12.5. The number of amides is 1. The zero-order valence-electron chi connectivity index (χ0n) is 14.9. The smallest absolute Gasteiger partial charge is 0.228 e. The third-order valence-electron chi connectivity index (χ3n) is 4.89. The molecule has 0 fully saturated rings. The highest BCUT2D eigenvalue weighted by molar-refractivity contribution is 5.92. The van der Waals surface area contributed by atoms with E-state index < -0.39 is 0 Å². The minimum absolute atomic E-state index is 0.00273. The van der Waals surface area contributed by atoms with E-state index in [0.29, 0.717) is 6.42 Å². The Kier molecular flexibility index (Phi) is 4.52. The maximum Gasteiger partial charge on any atom is 0.228 e. The van der Waals surface area contributed by atoms with E-state index in [2.05, 4.69) is 40.6 Å². The standard InChI is InChI=1S/C21H22N4O/c1-2-25-14-22-24-21(25)18-7-4-8-19(13-18)23-20(26)12-15-9-10-16-5-3-6-17(16)11-15/h4,7-11,13-14H,2-3,5-6,12H2,1H3,(H,23,26). The van der Waals surface area contributed by atoms with E-state index in [9.17, 15) is 4.79 Å². The van der Waals surface area contributed by atoms with Crippen LogP contribution in [0.5, 0.6) is 0 Å². The van der Waals surface area contributed by atoms with Crippen LogP contribution in [-0.4, -0.2) is 20.7 Å². The summed E-state index contributed by atoms with van der Waals surface area (Å²) in [5, 5.41) is 11.2. The van der Waals surface area contributed by atoms with Crippen LogP contribution in [0.3, 0.4) is 0 Å². The molecule has 26 heavy (non-hydrogen) atoms. The summed E-state index contributed by atoms with van der Waals surface area (Å²) in [5.41, 5.74) is 5.63. The number of aryl methyl sites for hydroxylation is 3. The molecule has 0 bridgehead atoms. The fraction of sp³-hybridized carbons (Fsp3) is 0.286. The molecule has 0 aliphatic heterocycles. The van der Waals surface area contributed by atoms with Crippen LogP contribution < -0.4 is 5.32 Å². The average molecular weight is 346 g/mol. The average Bonchev–Trinajstić information content (AvgIpc) is 3.30. The summed E-state index contributed by atoms with van der Waals surface area (Å²) in [6, 6.07) is 14.2. The fourth-order valence-electron chi connectivity index (χ4n) is 3.57. The van der Waals surface area contributed by atoms with Gasteiger partial charge in [0.05, 0.1) is 6.42 Å². The van der Waals surface area contributed by atoms with E-state index in [1.165, 1.54) is 17.5 Å². The highest BCUT2D eigenvalue weighted by Gasteiger charge is 2.13. The summed E-state index contributed by atoms with van der Waals surface area (Å²) in [6.45, 7) is 2.85. The molecule has 1 N–H and O–H groups in total. The second kappa shape index (κ2) is 7.12. The Bertz CT molecular complexity index is 945. The summed E-state index contributed by atoms with van der Waals surface area (Å²) >= 11 is 0. The van der Waals surface area contributed by atoms with Gasteiger partial charge in [-0.25, -0.2) is 0 Å². The minimum atomic E-state index is -0.00273. The second-order valence-corrected chi connectivity index (χ2v) is 6.70. The Hall–Kier alpha value is -2.95. The van der Waals surface area contributed by atoms with Crippen molar-refractivity contribution in [1.82, 2.24) is 14.8 Å². The number of hydrogen-bond donors (Lipinski definition) is 1. The van der Waals surface area contributed by atoms with Crippen molar-refractivity contribution in [3.63, 3.8) is 0 Å². The van der Waals surface area contributed by atoms with E-state index >= 15 is 0 Å². The topological polar surface area (TPSA) is 59.8 Å². The van der Waals surface area contributed by atoms with Crippen molar-refractivity contribution < 1.29 is 4.79 Å². The van der Waals surface area contributed by atoms with Gasteiger partial charge in [-0.2, -0.15) is 0 Å². The van der Waals surface area contributed by atoms with Crippen molar-refractivity contribution in [1.29, 1.82) is 0 Å². The van der Waals surface area contributed by atoms with Gasteiger partial charge in [0.1, 0.15) is 6.33 Å². The number of aromatic nitrogens is 3. The Balaban J connectivity index is 1.47. The van der Waals surface area contributed by atoms with Gasteiger partial charge in [0.15, 0.2) is 5.82 Å². The lowest BCUT2D eigenvalue weighted by Gasteiger charge is -2.09. The van der Waals surface area contributed by atoms with Crippen LogP contribution in [0.1, 0.15) is 30.0 Å². The predicted molar refractivity (Wildman–Crippen MR) is 102 cm³/mol. The summed E-state index contributed by atoms with van der Waals surface area (Å²) < 4.78 is 1.98. The summed E-state index contributed by atoms with van der Waals surface area (Å²) in [7, 11) is 0. The number of fused-ring (bicyclic) bond motifs is 1. The molecule has 1 aliphatic rings. The first-order valence-electron chi connectivity index (χ1n) is 9.11. The molecule has 5 heteroatoms. The van der Waals surface area contributed by atoms with Gasteiger partial charge in [-0.3, -0.25) is 4.79 Å². The third-order valence-corrected chi connectivity index (χ3v) is 4.89. The SMILES string of the molecule is CCn1cnnc1-c1cccc(NC(=O)Cc2ccc3c(c2)CCC3)c1. The number of anilines is 1. The lowest BCUT2D eigenvalue weighted by Crippen LogP contribution is -2.14. The van der Waals surface area contributed by atoms with Crippen molar-refractivity contribution in [2.75, 3.05) is 5.32 Å². The molecule has 5 nitrogen and oxygen atoms in total. The number of hydrogen-bond acceptors (Lipinski definition) is 3. The van der Waals surface area contributed by atoms with E-state index in [1.807, 2.05) is 28.8 Å². The molecule has 4 rings (SSSR count). The lowest BCUT2D eigenvalue weighted by atomic mass is 10.0. The molecule has 0 unspecified atom stereocenters. The van der Waals surface area contributed by atoms with E-state index in [4.69, 9.17) is 0 Å². The first-order chi connectivity index (χ1) is 12.7. The van der Waals surface area contributed by atoms with Gasteiger partial charge < -0.3 is 9.88 Å². The number of carbonyl (C=O) groups is 1. The molecular formula is C21H22N4O. The number of benzene rings is 2. The van der Waals surface area contributed by atoms with Crippen LogP contribution in [0.4, 0.5) is 5.69 Å². The van der Waals surface area contributed by atoms with Crippen molar-refractivity contribution in [3.8, 4) is 11.4 Å². The van der Waals surface area contributed by atoms with E-state index in [0.717, 1.165) is 42.0 Å². The van der Waals surface area contributed by atoms with Crippen LogP contribution in [0.15, 0.2) is 48.8 Å². The van der Waals surface area contributed by atoms with Crippen molar-refractivity contribution in [2.24, 2.45) is 0 Å². The molecule has 1 amide bonds. The monoisotopic (exact) mass is 346 g/mol. The second-order valence-electron chi connectivity index (χ2n) is 6.70. The Morgan fingerprint density at radius 3 is 2.92 bits per heavy atom. The van der Waals surface area contributed by atoms with Crippen LogP contribution in [0, 0.1) is 0 Å². The van der Waals surface area contributed by atoms with Crippen molar-refractivity contribution in [3.05, 3.63) is 65.5 Å². The highest BCUT2D eigenvalue weighted by atomic mass is 16.1. The number of rotatable bonds is 5. The van der Waals surface area contributed by atoms with Gasteiger partial charge in [-0.05, 0) is 55.0 Å². The quantitative estimate of drug-likeness (QED) is 0.767. The summed E-state index contributed by atoms with van der Waals surface area (Å²) in [5.74, 6) is 0.805. The lowest BCUT2D eigenvalue weighted by molar-refractivity contribution is -0.115.